The summed E-state index contributed by atoms with van der Waals surface area (Å²) in [5.74, 6) is 1.84. The first-order chi connectivity index (χ1) is 15.1. The maximum Gasteiger partial charge on any atom is 0.231 e. The van der Waals surface area contributed by atoms with Crippen molar-refractivity contribution in [3.05, 3.63) is 47.8 Å². The Bertz CT molecular complexity index is 937. The highest BCUT2D eigenvalue weighted by Gasteiger charge is 2.11. The zero-order valence-electron chi connectivity index (χ0n) is 18.9. The molecule has 3 rings (SSSR count). The lowest BCUT2D eigenvalue weighted by Crippen LogP contribution is -2.25. The molecule has 0 bridgehead atoms. The van der Waals surface area contributed by atoms with Gasteiger partial charge in [0.15, 0.2) is 0 Å². The number of hydrogen-bond donors (Lipinski definition) is 2. The van der Waals surface area contributed by atoms with Crippen molar-refractivity contribution in [3.8, 4) is 11.4 Å². The van der Waals surface area contributed by atoms with Crippen LogP contribution in [-0.2, 0) is 6.54 Å². The van der Waals surface area contributed by atoms with Crippen LogP contribution in [0.3, 0.4) is 0 Å². The van der Waals surface area contributed by atoms with Gasteiger partial charge in [-0.1, -0.05) is 25.5 Å². The summed E-state index contributed by atoms with van der Waals surface area (Å²) in [6, 6.07) is 8.06. The van der Waals surface area contributed by atoms with Crippen LogP contribution in [0.2, 0.25) is 0 Å². The van der Waals surface area contributed by atoms with Crippen molar-refractivity contribution in [1.82, 2.24) is 24.9 Å². The molecule has 8 heteroatoms. The first-order valence-corrected chi connectivity index (χ1v) is 11.0. The van der Waals surface area contributed by atoms with Gasteiger partial charge in [0.2, 0.25) is 17.8 Å². The van der Waals surface area contributed by atoms with Crippen molar-refractivity contribution in [2.45, 2.75) is 47.1 Å². The number of pyridine rings is 2. The molecule has 0 spiro atoms. The first-order valence-electron chi connectivity index (χ1n) is 11.0. The van der Waals surface area contributed by atoms with Gasteiger partial charge in [-0.3, -0.25) is 9.97 Å². The van der Waals surface area contributed by atoms with Gasteiger partial charge >= 0.3 is 0 Å². The summed E-state index contributed by atoms with van der Waals surface area (Å²) >= 11 is 0. The van der Waals surface area contributed by atoms with Crippen molar-refractivity contribution in [2.24, 2.45) is 0 Å². The monoisotopic (exact) mass is 420 g/mol. The number of aromatic nitrogens is 5. The van der Waals surface area contributed by atoms with Crippen LogP contribution in [0.15, 0.2) is 36.7 Å². The number of nitrogens with one attached hydrogen (secondary N) is 2. The Morgan fingerprint density at radius 2 is 1.48 bits per heavy atom. The molecule has 2 N–H and O–H groups in total. The van der Waals surface area contributed by atoms with E-state index in [1.807, 2.05) is 43.6 Å². The van der Waals surface area contributed by atoms with E-state index < -0.39 is 0 Å². The molecule has 0 amide bonds. The highest BCUT2D eigenvalue weighted by molar-refractivity contribution is 5.54. The topological polar surface area (TPSA) is 91.8 Å². The van der Waals surface area contributed by atoms with Crippen molar-refractivity contribution >= 4 is 17.8 Å². The summed E-state index contributed by atoms with van der Waals surface area (Å²) in [5.41, 5.74) is 3.90. The Kier molecular flexibility index (Phi) is 8.09. The minimum Gasteiger partial charge on any atom is -0.354 e. The predicted molar refractivity (Wildman–Crippen MR) is 126 cm³/mol. The average Bonchev–Trinajstić information content (AvgIpc) is 2.80. The van der Waals surface area contributed by atoms with E-state index in [9.17, 15) is 0 Å². The SMILES string of the molecule is CCCCNc1nc(NCc2ccc(-c3ccc(C)cn3)nc2)nc(N(CC)CC)n1. The van der Waals surface area contributed by atoms with E-state index in [1.165, 1.54) is 0 Å². The quantitative estimate of drug-likeness (QED) is 0.444. The van der Waals surface area contributed by atoms with Crippen LogP contribution in [0.1, 0.15) is 44.7 Å². The fraction of sp³-hybridized carbons (Fsp3) is 0.435. The lowest BCUT2D eigenvalue weighted by molar-refractivity contribution is 0.799. The van der Waals surface area contributed by atoms with E-state index >= 15 is 0 Å². The maximum absolute atomic E-state index is 4.61. The largest absolute Gasteiger partial charge is 0.354 e. The van der Waals surface area contributed by atoms with Gasteiger partial charge in [-0.15, -0.1) is 0 Å². The minimum absolute atomic E-state index is 0.556. The van der Waals surface area contributed by atoms with E-state index in [2.05, 4.69) is 61.2 Å². The number of rotatable bonds is 11. The number of anilines is 3. The van der Waals surface area contributed by atoms with Gasteiger partial charge in [0.05, 0.1) is 11.4 Å². The summed E-state index contributed by atoms with van der Waals surface area (Å²) in [5, 5.41) is 6.63. The van der Waals surface area contributed by atoms with Crippen LogP contribution < -0.4 is 15.5 Å². The second-order valence-electron chi connectivity index (χ2n) is 7.36. The lowest BCUT2D eigenvalue weighted by atomic mass is 10.2. The number of unbranched alkanes of at least 4 members (excludes halogenated alkanes) is 1. The van der Waals surface area contributed by atoms with Crippen molar-refractivity contribution in [2.75, 3.05) is 35.2 Å². The molecule has 0 aromatic carbocycles. The standard InChI is InChI=1S/C23H32N8/c1-5-8-13-24-21-28-22(30-23(29-21)31(6-2)7-3)27-16-18-10-12-20(26-15-18)19-11-9-17(4)14-25-19/h9-12,14-15H,5-8,13,16H2,1-4H3,(H2,24,27,28,29,30). The molecule has 0 aliphatic rings. The molecule has 164 valence electrons. The van der Waals surface area contributed by atoms with E-state index in [0.717, 1.165) is 55.0 Å². The molecule has 31 heavy (non-hydrogen) atoms. The molecule has 0 radical (unpaired) electrons. The third kappa shape index (κ3) is 6.34. The lowest BCUT2D eigenvalue weighted by Gasteiger charge is -2.20. The van der Waals surface area contributed by atoms with E-state index in [0.29, 0.717) is 24.4 Å². The van der Waals surface area contributed by atoms with Crippen LogP contribution in [0.5, 0.6) is 0 Å². The van der Waals surface area contributed by atoms with Gasteiger partial charge in [-0.25, -0.2) is 0 Å². The Labute approximate surface area is 184 Å². The molecule has 0 saturated carbocycles. The number of hydrogen-bond acceptors (Lipinski definition) is 8. The highest BCUT2D eigenvalue weighted by Crippen LogP contribution is 2.17. The molecule has 3 aromatic heterocycles. The van der Waals surface area contributed by atoms with Gasteiger partial charge in [-0.05, 0) is 50.5 Å². The molecule has 0 atom stereocenters. The minimum atomic E-state index is 0.556. The molecular formula is C23H32N8. The van der Waals surface area contributed by atoms with Gasteiger partial charge < -0.3 is 15.5 Å². The summed E-state index contributed by atoms with van der Waals surface area (Å²) in [6.45, 7) is 11.5. The van der Waals surface area contributed by atoms with Crippen LogP contribution in [0.25, 0.3) is 11.4 Å². The predicted octanol–water partition coefficient (Wildman–Crippen LogP) is 4.31. The normalized spacial score (nSPS) is 10.7. The summed E-state index contributed by atoms with van der Waals surface area (Å²) in [4.78, 5) is 24.9. The zero-order chi connectivity index (χ0) is 22.1. The molecule has 3 aromatic rings. The van der Waals surface area contributed by atoms with E-state index in [4.69, 9.17) is 0 Å². The van der Waals surface area contributed by atoms with E-state index in [-0.39, 0.29) is 0 Å². The highest BCUT2D eigenvalue weighted by atomic mass is 15.3. The fourth-order valence-electron chi connectivity index (χ4n) is 3.03. The molecule has 0 aliphatic heterocycles. The Hall–Kier alpha value is -3.29. The fourth-order valence-corrected chi connectivity index (χ4v) is 3.03. The zero-order valence-corrected chi connectivity index (χ0v) is 18.9. The Balaban J connectivity index is 1.71. The molecule has 0 saturated heterocycles. The van der Waals surface area contributed by atoms with Crippen LogP contribution in [-0.4, -0.2) is 44.6 Å². The van der Waals surface area contributed by atoms with Crippen LogP contribution in [0, 0.1) is 6.92 Å². The smallest absolute Gasteiger partial charge is 0.231 e. The average molecular weight is 421 g/mol. The molecular weight excluding hydrogens is 388 g/mol. The van der Waals surface area contributed by atoms with Gasteiger partial charge in [0, 0.05) is 38.6 Å². The van der Waals surface area contributed by atoms with Gasteiger partial charge in [0.1, 0.15) is 0 Å². The molecule has 8 nitrogen and oxygen atoms in total. The summed E-state index contributed by atoms with van der Waals surface area (Å²) in [6.07, 6.45) is 5.90. The number of aryl methyl sites for hydroxylation is 1. The van der Waals surface area contributed by atoms with Crippen molar-refractivity contribution in [3.63, 3.8) is 0 Å². The van der Waals surface area contributed by atoms with Gasteiger partial charge in [0.25, 0.3) is 0 Å². The molecule has 0 fully saturated rings. The van der Waals surface area contributed by atoms with Crippen molar-refractivity contribution in [1.29, 1.82) is 0 Å². The second kappa shape index (κ2) is 11.2. The Morgan fingerprint density at radius 3 is 2.06 bits per heavy atom. The van der Waals surface area contributed by atoms with Crippen LogP contribution >= 0.6 is 0 Å². The first kappa shape index (κ1) is 22.4. The molecule has 0 aliphatic carbocycles. The van der Waals surface area contributed by atoms with Crippen molar-refractivity contribution < 1.29 is 0 Å². The van der Waals surface area contributed by atoms with E-state index in [1.54, 1.807) is 0 Å². The number of nitrogens with zero attached hydrogens (tertiary/aromatic N) is 6. The van der Waals surface area contributed by atoms with Gasteiger partial charge in [-0.2, -0.15) is 15.0 Å². The third-order valence-corrected chi connectivity index (χ3v) is 4.93. The summed E-state index contributed by atoms with van der Waals surface area (Å²) < 4.78 is 0. The third-order valence-electron chi connectivity index (χ3n) is 4.93. The maximum atomic E-state index is 4.61. The molecule has 0 unspecified atom stereocenters. The summed E-state index contributed by atoms with van der Waals surface area (Å²) in [7, 11) is 0. The molecule has 3 heterocycles. The Morgan fingerprint density at radius 1 is 0.806 bits per heavy atom. The van der Waals surface area contributed by atoms with Crippen LogP contribution in [0.4, 0.5) is 17.8 Å². The second-order valence-corrected chi connectivity index (χ2v) is 7.36.